The van der Waals surface area contributed by atoms with Gasteiger partial charge in [-0.25, -0.2) is 9.37 Å². The predicted molar refractivity (Wildman–Crippen MR) is 98.1 cm³/mol. The summed E-state index contributed by atoms with van der Waals surface area (Å²) in [5.74, 6) is -1.44. The molecule has 3 rings (SSSR count). The SMILES string of the molecule is CN1[C@@H](C(=O)Nc2ccc(F)c(Cl)c2)C[C@@H](c2cnc(C(F)(F)F)s2)NS1(=O)=O. The summed E-state index contributed by atoms with van der Waals surface area (Å²) in [5.41, 5.74) is 0.138. The van der Waals surface area contributed by atoms with Gasteiger partial charge in [0.25, 0.3) is 10.2 Å². The van der Waals surface area contributed by atoms with Crippen molar-refractivity contribution in [1.82, 2.24) is 14.0 Å². The summed E-state index contributed by atoms with van der Waals surface area (Å²) in [4.78, 5) is 15.9. The van der Waals surface area contributed by atoms with Crippen LogP contribution in [0.5, 0.6) is 0 Å². The molecule has 7 nitrogen and oxygen atoms in total. The van der Waals surface area contributed by atoms with Crippen LogP contribution in [0, 0.1) is 5.82 Å². The Balaban J connectivity index is 1.84. The fraction of sp³-hybridized carbons (Fsp3) is 0.333. The van der Waals surface area contributed by atoms with Crippen LogP contribution in [0.25, 0.3) is 0 Å². The van der Waals surface area contributed by atoms with E-state index in [1.54, 1.807) is 0 Å². The number of carbonyl (C=O) groups is 1. The average Bonchev–Trinajstić information content (AvgIpc) is 3.11. The number of thiazole rings is 1. The summed E-state index contributed by atoms with van der Waals surface area (Å²) in [7, 11) is -2.99. The Kier molecular flexibility index (Phi) is 5.89. The first-order valence-electron chi connectivity index (χ1n) is 7.92. The lowest BCUT2D eigenvalue weighted by atomic mass is 10.1. The smallest absolute Gasteiger partial charge is 0.325 e. The first kappa shape index (κ1) is 21.9. The van der Waals surface area contributed by atoms with Gasteiger partial charge in [0, 0.05) is 23.8 Å². The Hall–Kier alpha value is -1.80. The number of hydrogen-bond acceptors (Lipinski definition) is 5. The lowest BCUT2D eigenvalue weighted by molar-refractivity contribution is -0.137. The fourth-order valence-corrected chi connectivity index (χ4v) is 5.04. The molecule has 1 aromatic carbocycles. The van der Waals surface area contributed by atoms with Crippen molar-refractivity contribution in [1.29, 1.82) is 0 Å². The molecular weight excluding hydrogens is 460 g/mol. The van der Waals surface area contributed by atoms with Gasteiger partial charge in [-0.2, -0.15) is 30.6 Å². The van der Waals surface area contributed by atoms with Crippen molar-refractivity contribution in [2.75, 3.05) is 12.4 Å². The normalized spacial score (nSPS) is 22.4. The van der Waals surface area contributed by atoms with Crippen LogP contribution in [-0.4, -0.2) is 36.7 Å². The van der Waals surface area contributed by atoms with Gasteiger partial charge in [-0.05, 0) is 24.6 Å². The number of alkyl halides is 3. The highest BCUT2D eigenvalue weighted by Gasteiger charge is 2.42. The van der Waals surface area contributed by atoms with E-state index in [2.05, 4.69) is 15.0 Å². The zero-order chi connectivity index (χ0) is 21.6. The summed E-state index contributed by atoms with van der Waals surface area (Å²) < 4.78 is 79.4. The Morgan fingerprint density at radius 1 is 1.41 bits per heavy atom. The van der Waals surface area contributed by atoms with Crippen LogP contribution < -0.4 is 10.0 Å². The minimum Gasteiger partial charge on any atom is -0.325 e. The highest BCUT2D eigenvalue weighted by molar-refractivity contribution is 7.87. The molecule has 2 atom stereocenters. The van der Waals surface area contributed by atoms with Gasteiger partial charge >= 0.3 is 6.18 Å². The van der Waals surface area contributed by atoms with Gasteiger partial charge in [-0.15, -0.1) is 11.3 Å². The van der Waals surface area contributed by atoms with E-state index in [0.717, 1.165) is 29.7 Å². The third-order valence-corrected chi connectivity index (χ3v) is 7.21. The topological polar surface area (TPSA) is 91.4 Å². The van der Waals surface area contributed by atoms with E-state index < -0.39 is 45.2 Å². The minimum absolute atomic E-state index is 0.0247. The first-order valence-corrected chi connectivity index (χ1v) is 10.6. The third kappa shape index (κ3) is 4.69. The molecule has 0 saturated carbocycles. The molecule has 2 N–H and O–H groups in total. The van der Waals surface area contributed by atoms with Crippen LogP contribution in [-0.2, 0) is 21.2 Å². The van der Waals surface area contributed by atoms with E-state index in [9.17, 15) is 30.8 Å². The van der Waals surface area contributed by atoms with E-state index in [4.69, 9.17) is 11.6 Å². The monoisotopic (exact) mass is 472 g/mol. The third-order valence-electron chi connectivity index (χ3n) is 4.17. The van der Waals surface area contributed by atoms with Crippen molar-refractivity contribution >= 4 is 44.7 Å². The number of aromatic nitrogens is 1. The van der Waals surface area contributed by atoms with E-state index in [1.807, 2.05) is 0 Å². The van der Waals surface area contributed by atoms with Crippen LogP contribution in [0.2, 0.25) is 5.02 Å². The van der Waals surface area contributed by atoms with Gasteiger partial charge in [0.15, 0.2) is 5.01 Å². The molecule has 0 spiro atoms. The molecule has 0 aliphatic carbocycles. The van der Waals surface area contributed by atoms with Gasteiger partial charge in [0.2, 0.25) is 5.91 Å². The molecule has 2 aromatic rings. The fourth-order valence-electron chi connectivity index (χ4n) is 2.67. The van der Waals surface area contributed by atoms with Crippen LogP contribution >= 0.6 is 22.9 Å². The zero-order valence-electron chi connectivity index (χ0n) is 14.5. The highest BCUT2D eigenvalue weighted by atomic mass is 35.5. The van der Waals surface area contributed by atoms with Crippen molar-refractivity contribution in [2.45, 2.75) is 24.7 Å². The second-order valence-corrected chi connectivity index (χ2v) is 9.36. The Morgan fingerprint density at radius 3 is 2.69 bits per heavy atom. The van der Waals surface area contributed by atoms with Gasteiger partial charge in [-0.3, -0.25) is 4.79 Å². The van der Waals surface area contributed by atoms with E-state index >= 15 is 0 Å². The molecule has 1 fully saturated rings. The summed E-state index contributed by atoms with van der Waals surface area (Å²) in [6.45, 7) is 0. The van der Waals surface area contributed by atoms with Crippen molar-refractivity contribution in [3.63, 3.8) is 0 Å². The summed E-state index contributed by atoms with van der Waals surface area (Å²) in [6.07, 6.45) is -3.87. The number of halogens is 5. The molecule has 0 radical (unpaired) electrons. The van der Waals surface area contributed by atoms with Gasteiger partial charge < -0.3 is 5.32 Å². The van der Waals surface area contributed by atoms with Crippen LogP contribution in [0.1, 0.15) is 22.3 Å². The lowest BCUT2D eigenvalue weighted by Crippen LogP contribution is -2.55. The van der Waals surface area contributed by atoms with Crippen LogP contribution in [0.15, 0.2) is 24.4 Å². The second kappa shape index (κ2) is 7.80. The maximum Gasteiger partial charge on any atom is 0.443 e. The molecule has 1 aliphatic rings. The molecule has 14 heteroatoms. The van der Waals surface area contributed by atoms with Crippen molar-refractivity contribution in [3.8, 4) is 0 Å². The molecule has 29 heavy (non-hydrogen) atoms. The molecular formula is C15H13ClF4N4O3S2. The number of nitrogens with one attached hydrogen (secondary N) is 2. The van der Waals surface area contributed by atoms with E-state index in [0.29, 0.717) is 11.3 Å². The molecule has 1 saturated heterocycles. The number of anilines is 1. The largest absolute Gasteiger partial charge is 0.443 e. The van der Waals surface area contributed by atoms with Crippen molar-refractivity contribution in [2.24, 2.45) is 0 Å². The number of carbonyl (C=O) groups excluding carboxylic acids is 1. The number of nitrogens with zero attached hydrogens (tertiary/aromatic N) is 2. The minimum atomic E-state index is -4.66. The number of likely N-dealkylation sites (N-methyl/N-ethyl adjacent to an activating group) is 1. The summed E-state index contributed by atoms with van der Waals surface area (Å²) >= 11 is 5.96. The maximum atomic E-state index is 13.3. The molecule has 2 heterocycles. The Labute approximate surface area is 171 Å². The summed E-state index contributed by atoms with van der Waals surface area (Å²) in [6, 6.07) is 1.12. The Morgan fingerprint density at radius 2 is 2.10 bits per heavy atom. The van der Waals surface area contributed by atoms with Crippen LogP contribution in [0.3, 0.4) is 0 Å². The van der Waals surface area contributed by atoms with E-state index in [1.165, 1.54) is 6.07 Å². The molecule has 1 aliphatic heterocycles. The lowest BCUT2D eigenvalue weighted by Gasteiger charge is -2.35. The summed E-state index contributed by atoms with van der Waals surface area (Å²) in [5, 5.41) is 1.08. The first-order chi connectivity index (χ1) is 13.4. The number of hydrogen-bond donors (Lipinski definition) is 2. The number of benzene rings is 1. The quantitative estimate of drug-likeness (QED) is 0.671. The number of rotatable bonds is 3. The molecule has 0 unspecified atom stereocenters. The standard InChI is InChI=1S/C15H13ClF4N4O3S2/c1-24-11(13(25)22-7-2-3-9(17)8(16)4-7)5-10(23-29(24,26)27)12-6-21-14(28-12)15(18,19)20/h2-4,6,10-11,23H,5H2,1H3,(H,22,25)/t10-,11+/m0/s1. The number of amides is 1. The zero-order valence-corrected chi connectivity index (χ0v) is 16.9. The van der Waals surface area contributed by atoms with Crippen LogP contribution in [0.4, 0.5) is 23.2 Å². The molecule has 1 amide bonds. The maximum absolute atomic E-state index is 13.3. The van der Waals surface area contributed by atoms with E-state index in [-0.39, 0.29) is 22.0 Å². The van der Waals surface area contributed by atoms with Gasteiger partial charge in [-0.1, -0.05) is 11.6 Å². The average molecular weight is 473 g/mol. The molecule has 1 aromatic heterocycles. The highest BCUT2D eigenvalue weighted by Crippen LogP contribution is 2.37. The molecule has 158 valence electrons. The van der Waals surface area contributed by atoms with Gasteiger partial charge in [0.05, 0.1) is 11.1 Å². The predicted octanol–water partition coefficient (Wildman–Crippen LogP) is 3.17. The van der Waals surface area contributed by atoms with Crippen molar-refractivity contribution in [3.05, 3.63) is 45.1 Å². The molecule has 0 bridgehead atoms. The Bertz CT molecular complexity index is 1040. The van der Waals surface area contributed by atoms with Crippen molar-refractivity contribution < 1.29 is 30.8 Å². The van der Waals surface area contributed by atoms with Gasteiger partial charge in [0.1, 0.15) is 11.9 Å². The second-order valence-electron chi connectivity index (χ2n) is 6.13.